The van der Waals surface area contributed by atoms with Gasteiger partial charge in [-0.2, -0.15) is 0 Å². The SMILES string of the molecule is COc1cc(C)ccc1NC1C(C)(C)[C@H]2CC[C@]1(C)C2. The summed E-state index contributed by atoms with van der Waals surface area (Å²) >= 11 is 0. The average molecular weight is 273 g/mol. The minimum atomic E-state index is 0.364. The third-order valence-corrected chi connectivity index (χ3v) is 5.93. The van der Waals surface area contributed by atoms with Gasteiger partial charge >= 0.3 is 0 Å². The van der Waals surface area contributed by atoms with Crippen LogP contribution in [0.15, 0.2) is 18.2 Å². The third kappa shape index (κ3) is 1.92. The summed E-state index contributed by atoms with van der Waals surface area (Å²) in [7, 11) is 1.76. The highest BCUT2D eigenvalue weighted by molar-refractivity contribution is 5.59. The summed E-state index contributed by atoms with van der Waals surface area (Å²) in [6.45, 7) is 9.43. The number of hydrogen-bond donors (Lipinski definition) is 1. The predicted molar refractivity (Wildman–Crippen MR) is 84.4 cm³/mol. The molecule has 2 saturated carbocycles. The second kappa shape index (κ2) is 4.41. The Kier molecular flexibility index (Phi) is 3.04. The molecule has 2 nitrogen and oxygen atoms in total. The van der Waals surface area contributed by atoms with E-state index in [0.717, 1.165) is 17.4 Å². The molecule has 20 heavy (non-hydrogen) atoms. The Bertz CT molecular complexity index is 517. The van der Waals surface area contributed by atoms with Crippen LogP contribution in [0.1, 0.15) is 45.6 Å². The summed E-state index contributed by atoms with van der Waals surface area (Å²) in [5, 5.41) is 3.82. The van der Waals surface area contributed by atoms with Crippen molar-refractivity contribution in [2.45, 2.75) is 53.0 Å². The molecule has 0 radical (unpaired) electrons. The highest BCUT2D eigenvalue weighted by atomic mass is 16.5. The molecule has 1 aromatic carbocycles. The van der Waals surface area contributed by atoms with Gasteiger partial charge in [0.05, 0.1) is 12.8 Å². The van der Waals surface area contributed by atoms with Gasteiger partial charge < -0.3 is 10.1 Å². The summed E-state index contributed by atoms with van der Waals surface area (Å²) in [5.74, 6) is 1.83. The lowest BCUT2D eigenvalue weighted by atomic mass is 9.68. The average Bonchev–Trinajstić information content (AvgIpc) is 2.87. The molecule has 1 unspecified atom stereocenters. The second-order valence-electron chi connectivity index (χ2n) is 7.70. The van der Waals surface area contributed by atoms with E-state index in [9.17, 15) is 0 Å². The van der Waals surface area contributed by atoms with E-state index in [2.05, 4.69) is 51.2 Å². The van der Waals surface area contributed by atoms with E-state index in [1.165, 1.54) is 24.8 Å². The van der Waals surface area contributed by atoms with Gasteiger partial charge in [0.2, 0.25) is 0 Å². The van der Waals surface area contributed by atoms with Crippen LogP contribution in [-0.2, 0) is 0 Å². The lowest BCUT2D eigenvalue weighted by molar-refractivity contribution is 0.155. The second-order valence-corrected chi connectivity index (χ2v) is 7.70. The van der Waals surface area contributed by atoms with Gasteiger partial charge in [0.1, 0.15) is 5.75 Å². The molecule has 3 atom stereocenters. The molecule has 3 rings (SSSR count). The van der Waals surface area contributed by atoms with Crippen LogP contribution in [0.3, 0.4) is 0 Å². The standard InChI is InChI=1S/C18H27NO/c1-12-6-7-14(15(10-12)20-5)19-16-17(2,3)13-8-9-18(16,4)11-13/h6-7,10,13,16,19H,8-9,11H2,1-5H3/t13-,16?,18+/m0/s1. The predicted octanol–water partition coefficient (Wildman–Crippen LogP) is 4.63. The van der Waals surface area contributed by atoms with Crippen molar-refractivity contribution < 1.29 is 4.74 Å². The highest BCUT2D eigenvalue weighted by Gasteiger charge is 2.59. The Hall–Kier alpha value is -1.18. The molecule has 1 N–H and O–H groups in total. The largest absolute Gasteiger partial charge is 0.495 e. The van der Waals surface area contributed by atoms with E-state index in [1.807, 2.05) is 0 Å². The molecule has 2 bridgehead atoms. The van der Waals surface area contributed by atoms with Crippen molar-refractivity contribution in [2.24, 2.45) is 16.7 Å². The minimum Gasteiger partial charge on any atom is -0.495 e. The van der Waals surface area contributed by atoms with E-state index in [-0.39, 0.29) is 0 Å². The number of anilines is 1. The molecule has 110 valence electrons. The Balaban J connectivity index is 1.91. The summed E-state index contributed by atoms with van der Waals surface area (Å²) < 4.78 is 5.56. The maximum atomic E-state index is 5.56. The van der Waals surface area contributed by atoms with Crippen molar-refractivity contribution in [1.82, 2.24) is 0 Å². The molecule has 1 aromatic rings. The molecule has 0 heterocycles. The molecule has 0 saturated heterocycles. The van der Waals surface area contributed by atoms with Gasteiger partial charge in [-0.15, -0.1) is 0 Å². The lowest BCUT2D eigenvalue weighted by Crippen LogP contribution is -2.45. The molecule has 0 spiro atoms. The minimum absolute atomic E-state index is 0.364. The lowest BCUT2D eigenvalue weighted by Gasteiger charge is -2.43. The van der Waals surface area contributed by atoms with Gasteiger partial charge in [-0.1, -0.05) is 26.8 Å². The van der Waals surface area contributed by atoms with Crippen LogP contribution in [0.2, 0.25) is 0 Å². The molecular formula is C18H27NO. The zero-order valence-corrected chi connectivity index (χ0v) is 13.4. The fraction of sp³-hybridized carbons (Fsp3) is 0.667. The van der Waals surface area contributed by atoms with Crippen molar-refractivity contribution >= 4 is 5.69 Å². The maximum absolute atomic E-state index is 5.56. The number of benzene rings is 1. The Morgan fingerprint density at radius 1 is 1.25 bits per heavy atom. The van der Waals surface area contributed by atoms with Gasteiger partial charge in [0, 0.05) is 6.04 Å². The topological polar surface area (TPSA) is 21.3 Å². The fourth-order valence-corrected chi connectivity index (χ4v) is 4.74. The number of fused-ring (bicyclic) bond motifs is 2. The van der Waals surface area contributed by atoms with Crippen LogP contribution >= 0.6 is 0 Å². The Morgan fingerprint density at radius 3 is 2.60 bits per heavy atom. The van der Waals surface area contributed by atoms with Crippen LogP contribution < -0.4 is 10.1 Å². The van der Waals surface area contributed by atoms with Gasteiger partial charge in [-0.05, 0) is 60.6 Å². The molecule has 0 amide bonds. The molecule has 2 aliphatic rings. The monoisotopic (exact) mass is 273 g/mol. The highest BCUT2D eigenvalue weighted by Crippen LogP contribution is 2.63. The molecule has 2 aliphatic carbocycles. The Morgan fingerprint density at radius 2 is 2.00 bits per heavy atom. The molecule has 2 fully saturated rings. The Labute approximate surface area is 122 Å². The van der Waals surface area contributed by atoms with E-state index >= 15 is 0 Å². The number of ether oxygens (including phenoxy) is 1. The first-order valence-corrected chi connectivity index (χ1v) is 7.78. The van der Waals surface area contributed by atoms with Gasteiger partial charge in [-0.3, -0.25) is 0 Å². The van der Waals surface area contributed by atoms with Crippen LogP contribution in [0.25, 0.3) is 0 Å². The number of aryl methyl sites for hydroxylation is 1. The molecule has 2 heteroatoms. The third-order valence-electron chi connectivity index (χ3n) is 5.93. The number of rotatable bonds is 3. The van der Waals surface area contributed by atoms with Gasteiger partial charge in [0.25, 0.3) is 0 Å². The van der Waals surface area contributed by atoms with E-state index in [0.29, 0.717) is 16.9 Å². The normalized spacial score (nSPS) is 34.2. The number of hydrogen-bond acceptors (Lipinski definition) is 2. The summed E-state index contributed by atoms with van der Waals surface area (Å²) in [5.41, 5.74) is 3.18. The van der Waals surface area contributed by atoms with Crippen molar-refractivity contribution in [3.05, 3.63) is 23.8 Å². The van der Waals surface area contributed by atoms with Crippen LogP contribution in [0, 0.1) is 23.7 Å². The number of methoxy groups -OCH3 is 1. The zero-order valence-electron chi connectivity index (χ0n) is 13.4. The molecular weight excluding hydrogens is 246 g/mol. The van der Waals surface area contributed by atoms with Crippen molar-refractivity contribution in [3.8, 4) is 5.75 Å². The van der Waals surface area contributed by atoms with E-state index < -0.39 is 0 Å². The van der Waals surface area contributed by atoms with Crippen LogP contribution in [-0.4, -0.2) is 13.2 Å². The van der Waals surface area contributed by atoms with E-state index in [1.54, 1.807) is 7.11 Å². The van der Waals surface area contributed by atoms with Crippen molar-refractivity contribution in [3.63, 3.8) is 0 Å². The molecule has 0 aliphatic heterocycles. The van der Waals surface area contributed by atoms with Gasteiger partial charge in [0.15, 0.2) is 0 Å². The summed E-state index contributed by atoms with van der Waals surface area (Å²) in [4.78, 5) is 0. The first kappa shape index (κ1) is 13.8. The zero-order chi connectivity index (χ0) is 14.5. The van der Waals surface area contributed by atoms with Crippen molar-refractivity contribution in [1.29, 1.82) is 0 Å². The first-order chi connectivity index (χ1) is 9.37. The van der Waals surface area contributed by atoms with E-state index in [4.69, 9.17) is 4.74 Å². The maximum Gasteiger partial charge on any atom is 0.142 e. The number of nitrogens with one attached hydrogen (secondary N) is 1. The van der Waals surface area contributed by atoms with Crippen LogP contribution in [0.5, 0.6) is 5.75 Å². The van der Waals surface area contributed by atoms with Gasteiger partial charge in [-0.25, -0.2) is 0 Å². The smallest absolute Gasteiger partial charge is 0.142 e. The summed E-state index contributed by atoms with van der Waals surface area (Å²) in [6, 6.07) is 6.98. The van der Waals surface area contributed by atoms with Crippen molar-refractivity contribution in [2.75, 3.05) is 12.4 Å². The quantitative estimate of drug-likeness (QED) is 0.867. The fourth-order valence-electron chi connectivity index (χ4n) is 4.74. The van der Waals surface area contributed by atoms with Crippen LogP contribution in [0.4, 0.5) is 5.69 Å². The molecule has 0 aromatic heterocycles. The first-order valence-electron chi connectivity index (χ1n) is 7.78. The summed E-state index contributed by atoms with van der Waals surface area (Å²) in [6.07, 6.45) is 4.12.